The molecule has 0 aromatic heterocycles. The quantitative estimate of drug-likeness (QED) is 0.867. The van der Waals surface area contributed by atoms with Crippen molar-refractivity contribution in [3.8, 4) is 0 Å². The lowest BCUT2D eigenvalue weighted by Crippen LogP contribution is -2.50. The molecule has 2 unspecified atom stereocenters. The van der Waals surface area contributed by atoms with E-state index in [-0.39, 0.29) is 24.2 Å². The number of hydrogen-bond acceptors (Lipinski definition) is 4. The second-order valence-corrected chi connectivity index (χ2v) is 6.32. The summed E-state index contributed by atoms with van der Waals surface area (Å²) in [4.78, 5) is 0.274. The molecule has 1 aromatic rings. The molecule has 18 heavy (non-hydrogen) atoms. The van der Waals surface area contributed by atoms with Crippen molar-refractivity contribution in [2.75, 3.05) is 19.7 Å². The fourth-order valence-electron chi connectivity index (χ4n) is 2.04. The molecule has 0 bridgehead atoms. The van der Waals surface area contributed by atoms with Crippen molar-refractivity contribution < 1.29 is 18.3 Å². The molecule has 0 spiro atoms. The topological polar surface area (TPSA) is 66.8 Å². The van der Waals surface area contributed by atoms with Crippen LogP contribution in [0.3, 0.4) is 0 Å². The smallest absolute Gasteiger partial charge is 0.243 e. The number of morpholine rings is 1. The van der Waals surface area contributed by atoms with Gasteiger partial charge in [-0.05, 0) is 19.1 Å². The highest BCUT2D eigenvalue weighted by Crippen LogP contribution is 2.20. The Bertz CT molecular complexity index is 488. The Morgan fingerprint density at radius 1 is 1.33 bits per heavy atom. The van der Waals surface area contributed by atoms with E-state index in [0.29, 0.717) is 6.54 Å². The Hall–Kier alpha value is -0.950. The number of aliphatic hydroxyl groups is 1. The number of hydrogen-bond donors (Lipinski definition) is 1. The van der Waals surface area contributed by atoms with Crippen molar-refractivity contribution in [3.05, 3.63) is 30.3 Å². The van der Waals surface area contributed by atoms with Crippen LogP contribution in [0.25, 0.3) is 0 Å². The van der Waals surface area contributed by atoms with Crippen molar-refractivity contribution in [2.24, 2.45) is 0 Å². The Morgan fingerprint density at radius 3 is 2.61 bits per heavy atom. The first-order valence-electron chi connectivity index (χ1n) is 5.85. The average Bonchev–Trinajstić information content (AvgIpc) is 2.39. The van der Waals surface area contributed by atoms with Crippen LogP contribution in [-0.4, -0.2) is 49.7 Å². The number of aliphatic hydroxyl groups excluding tert-OH is 1. The molecule has 2 atom stereocenters. The third kappa shape index (κ3) is 2.72. The van der Waals surface area contributed by atoms with Crippen LogP contribution in [0.15, 0.2) is 35.2 Å². The average molecular weight is 271 g/mol. The standard InChI is InChI=1S/C12H17NO4S/c1-10-7-13(8-11(9-14)17-10)18(15,16)12-5-3-2-4-6-12/h2-6,10-11,14H,7-9H2,1H3. The van der Waals surface area contributed by atoms with Gasteiger partial charge in [0.05, 0.1) is 23.7 Å². The molecule has 100 valence electrons. The lowest BCUT2D eigenvalue weighted by Gasteiger charge is -2.35. The maximum absolute atomic E-state index is 12.4. The van der Waals surface area contributed by atoms with E-state index in [1.807, 2.05) is 0 Å². The minimum Gasteiger partial charge on any atom is -0.394 e. The largest absolute Gasteiger partial charge is 0.394 e. The summed E-state index contributed by atoms with van der Waals surface area (Å²) in [6.07, 6.45) is -0.665. The molecule has 1 N–H and O–H groups in total. The SMILES string of the molecule is CC1CN(S(=O)(=O)c2ccccc2)CC(CO)O1. The van der Waals surface area contributed by atoms with Crippen LogP contribution < -0.4 is 0 Å². The molecule has 5 nitrogen and oxygen atoms in total. The number of nitrogens with zero attached hydrogens (tertiary/aromatic N) is 1. The second kappa shape index (κ2) is 5.36. The molecule has 1 aromatic carbocycles. The molecule has 2 rings (SSSR count). The number of sulfonamides is 1. The van der Waals surface area contributed by atoms with Gasteiger partial charge < -0.3 is 9.84 Å². The highest BCUT2D eigenvalue weighted by molar-refractivity contribution is 7.89. The monoisotopic (exact) mass is 271 g/mol. The summed E-state index contributed by atoms with van der Waals surface area (Å²) in [6, 6.07) is 8.31. The van der Waals surface area contributed by atoms with Crippen molar-refractivity contribution in [2.45, 2.75) is 24.0 Å². The third-order valence-electron chi connectivity index (χ3n) is 2.88. The van der Waals surface area contributed by atoms with Crippen molar-refractivity contribution in [3.63, 3.8) is 0 Å². The summed E-state index contributed by atoms with van der Waals surface area (Å²) in [7, 11) is -3.50. The maximum atomic E-state index is 12.4. The molecule has 0 radical (unpaired) electrons. The molecular formula is C12H17NO4S. The first kappa shape index (κ1) is 13.5. The van der Waals surface area contributed by atoms with E-state index >= 15 is 0 Å². The van der Waals surface area contributed by atoms with Crippen LogP contribution in [0.4, 0.5) is 0 Å². The van der Waals surface area contributed by atoms with E-state index in [9.17, 15) is 8.42 Å². The van der Waals surface area contributed by atoms with Gasteiger partial charge in [0.15, 0.2) is 0 Å². The fraction of sp³-hybridized carbons (Fsp3) is 0.500. The fourth-order valence-corrected chi connectivity index (χ4v) is 3.61. The Morgan fingerprint density at radius 2 is 2.00 bits per heavy atom. The van der Waals surface area contributed by atoms with Gasteiger partial charge in [0.25, 0.3) is 0 Å². The van der Waals surface area contributed by atoms with E-state index in [4.69, 9.17) is 9.84 Å². The van der Waals surface area contributed by atoms with Crippen LogP contribution in [0.2, 0.25) is 0 Å². The molecule has 0 aliphatic carbocycles. The summed E-state index contributed by atoms with van der Waals surface area (Å²) in [6.45, 7) is 2.13. The molecule has 1 heterocycles. The zero-order valence-corrected chi connectivity index (χ0v) is 11.0. The third-order valence-corrected chi connectivity index (χ3v) is 4.72. The van der Waals surface area contributed by atoms with Crippen LogP contribution in [-0.2, 0) is 14.8 Å². The van der Waals surface area contributed by atoms with Crippen molar-refractivity contribution >= 4 is 10.0 Å². The van der Waals surface area contributed by atoms with E-state index in [0.717, 1.165) is 0 Å². The van der Waals surface area contributed by atoms with Gasteiger partial charge >= 0.3 is 0 Å². The normalized spacial score (nSPS) is 26.1. The van der Waals surface area contributed by atoms with Gasteiger partial charge in [0.1, 0.15) is 0 Å². The first-order chi connectivity index (χ1) is 8.54. The lowest BCUT2D eigenvalue weighted by molar-refractivity contribution is -0.0750. The Kier molecular flexibility index (Phi) is 4.01. The zero-order valence-electron chi connectivity index (χ0n) is 10.2. The van der Waals surface area contributed by atoms with Crippen LogP contribution in [0.5, 0.6) is 0 Å². The van der Waals surface area contributed by atoms with E-state index < -0.39 is 16.1 Å². The lowest BCUT2D eigenvalue weighted by atomic mass is 10.2. The molecule has 1 saturated heterocycles. The predicted molar refractivity (Wildman–Crippen MR) is 66.6 cm³/mol. The Balaban J connectivity index is 2.25. The van der Waals surface area contributed by atoms with Crippen LogP contribution in [0, 0.1) is 0 Å². The van der Waals surface area contributed by atoms with E-state index in [1.165, 1.54) is 4.31 Å². The summed E-state index contributed by atoms with van der Waals surface area (Å²) in [5.41, 5.74) is 0. The minimum atomic E-state index is -3.50. The van der Waals surface area contributed by atoms with Gasteiger partial charge in [-0.3, -0.25) is 0 Å². The number of ether oxygens (including phenoxy) is 1. The Labute approximate surface area is 107 Å². The number of rotatable bonds is 3. The number of benzene rings is 1. The van der Waals surface area contributed by atoms with E-state index in [1.54, 1.807) is 37.3 Å². The van der Waals surface area contributed by atoms with Gasteiger partial charge in [0.2, 0.25) is 10.0 Å². The van der Waals surface area contributed by atoms with Gasteiger partial charge in [-0.25, -0.2) is 8.42 Å². The maximum Gasteiger partial charge on any atom is 0.243 e. The van der Waals surface area contributed by atoms with Crippen LogP contribution in [0.1, 0.15) is 6.92 Å². The predicted octanol–water partition coefficient (Wildman–Crippen LogP) is 0.457. The minimum absolute atomic E-state index is 0.175. The second-order valence-electron chi connectivity index (χ2n) is 4.39. The van der Waals surface area contributed by atoms with Crippen molar-refractivity contribution in [1.82, 2.24) is 4.31 Å². The van der Waals surface area contributed by atoms with Gasteiger partial charge in [0, 0.05) is 13.1 Å². The molecule has 1 aliphatic heterocycles. The summed E-state index contributed by atoms with van der Waals surface area (Å²) >= 11 is 0. The first-order valence-corrected chi connectivity index (χ1v) is 7.29. The molecule has 6 heteroatoms. The molecular weight excluding hydrogens is 254 g/mol. The van der Waals surface area contributed by atoms with Gasteiger partial charge in [-0.2, -0.15) is 4.31 Å². The zero-order chi connectivity index (χ0) is 13.2. The summed E-state index contributed by atoms with van der Waals surface area (Å²) < 4.78 is 31.6. The van der Waals surface area contributed by atoms with Gasteiger partial charge in [-0.1, -0.05) is 18.2 Å². The molecule has 1 fully saturated rings. The summed E-state index contributed by atoms with van der Waals surface area (Å²) in [5, 5.41) is 9.12. The van der Waals surface area contributed by atoms with E-state index in [2.05, 4.69) is 0 Å². The highest BCUT2D eigenvalue weighted by atomic mass is 32.2. The molecule has 1 aliphatic rings. The molecule has 0 amide bonds. The van der Waals surface area contributed by atoms with Crippen LogP contribution >= 0.6 is 0 Å². The highest BCUT2D eigenvalue weighted by Gasteiger charge is 2.33. The molecule has 0 saturated carbocycles. The van der Waals surface area contributed by atoms with Crippen molar-refractivity contribution in [1.29, 1.82) is 0 Å². The summed E-state index contributed by atoms with van der Waals surface area (Å²) in [5.74, 6) is 0. The van der Waals surface area contributed by atoms with Gasteiger partial charge in [-0.15, -0.1) is 0 Å².